The molecule has 4 aliphatic rings. The number of anilines is 6. The molecular formula is C43H54Br2Cl2N8O5. The SMILES string of the molecule is ClCCl.Nc1ccc(N2CCOCC2)cc1N1CCCCC1.O=C(Nc1ccc(N2CCOCC2)cc1N1CCCCC1)c1cccc(Br)n1.O=C(O)c1cccc(Br)n1. The molecule has 0 saturated carbocycles. The van der Waals surface area contributed by atoms with Gasteiger partial charge in [0.25, 0.3) is 5.91 Å². The van der Waals surface area contributed by atoms with Gasteiger partial charge >= 0.3 is 5.97 Å². The Morgan fingerprint density at radius 1 is 0.633 bits per heavy atom. The summed E-state index contributed by atoms with van der Waals surface area (Å²) < 4.78 is 12.1. The fourth-order valence-electron chi connectivity index (χ4n) is 7.25. The van der Waals surface area contributed by atoms with Gasteiger partial charge in [0.2, 0.25) is 0 Å². The molecule has 0 bridgehead atoms. The monoisotopic (exact) mass is 990 g/mol. The maximum Gasteiger partial charge on any atom is 0.354 e. The number of piperidine rings is 2. The zero-order chi connectivity index (χ0) is 42.7. The number of nitrogens with two attached hydrogens (primary N) is 1. The van der Waals surface area contributed by atoms with Crippen molar-refractivity contribution in [3.63, 3.8) is 0 Å². The van der Waals surface area contributed by atoms with Crippen LogP contribution in [-0.2, 0) is 9.47 Å². The van der Waals surface area contributed by atoms with Gasteiger partial charge in [0.05, 0.1) is 54.5 Å². The summed E-state index contributed by atoms with van der Waals surface area (Å²) in [6.07, 6.45) is 7.54. The number of rotatable bonds is 7. The van der Waals surface area contributed by atoms with E-state index in [1.807, 2.05) is 18.2 Å². The number of nitrogens with one attached hydrogen (secondary N) is 1. The molecule has 4 aliphatic heterocycles. The van der Waals surface area contributed by atoms with E-state index in [1.165, 1.54) is 61.7 Å². The Balaban J connectivity index is 0.000000183. The number of halogens is 4. The second-order valence-corrected chi connectivity index (χ2v) is 16.7. The summed E-state index contributed by atoms with van der Waals surface area (Å²) >= 11 is 15.9. The van der Waals surface area contributed by atoms with Gasteiger partial charge in [0.15, 0.2) is 0 Å². The number of benzene rings is 2. The van der Waals surface area contributed by atoms with Crippen LogP contribution in [0.5, 0.6) is 0 Å². The van der Waals surface area contributed by atoms with E-state index in [9.17, 15) is 9.59 Å². The normalized spacial score (nSPS) is 16.5. The van der Waals surface area contributed by atoms with Gasteiger partial charge in [-0.2, -0.15) is 0 Å². The number of amides is 1. The average molecular weight is 994 g/mol. The van der Waals surface area contributed by atoms with Crippen LogP contribution >= 0.6 is 55.1 Å². The van der Waals surface area contributed by atoms with Crippen molar-refractivity contribution in [1.82, 2.24) is 9.97 Å². The molecule has 2 aromatic heterocycles. The molecule has 8 rings (SSSR count). The van der Waals surface area contributed by atoms with Crippen molar-refractivity contribution in [2.75, 3.05) is 115 Å². The lowest BCUT2D eigenvalue weighted by Gasteiger charge is -2.33. The Morgan fingerprint density at radius 3 is 1.57 bits per heavy atom. The first-order valence-corrected chi connectivity index (χ1v) is 22.9. The van der Waals surface area contributed by atoms with Crippen LogP contribution in [0.15, 0.2) is 82.0 Å². The number of hydrogen-bond acceptors (Lipinski definition) is 11. The summed E-state index contributed by atoms with van der Waals surface area (Å²) in [4.78, 5) is 40.5. The van der Waals surface area contributed by atoms with Gasteiger partial charge in [-0.25, -0.2) is 14.8 Å². The molecule has 4 fully saturated rings. The molecule has 1 amide bonds. The molecule has 0 aliphatic carbocycles. The Kier molecular flexibility index (Phi) is 19.8. The Labute approximate surface area is 379 Å². The quantitative estimate of drug-likeness (QED) is 0.0922. The van der Waals surface area contributed by atoms with Crippen LogP contribution < -0.4 is 30.7 Å². The third-order valence-corrected chi connectivity index (χ3v) is 11.2. The maximum atomic E-state index is 12.7. The molecule has 324 valence electrons. The minimum absolute atomic E-state index is 0.0503. The molecule has 4 saturated heterocycles. The van der Waals surface area contributed by atoms with E-state index in [0.717, 1.165) is 95.8 Å². The van der Waals surface area contributed by atoms with E-state index in [-0.39, 0.29) is 16.9 Å². The zero-order valence-electron chi connectivity index (χ0n) is 33.7. The molecule has 0 unspecified atom stereocenters. The number of aromatic nitrogens is 2. The lowest BCUT2D eigenvalue weighted by molar-refractivity contribution is 0.0690. The van der Waals surface area contributed by atoms with E-state index >= 15 is 0 Å². The maximum absolute atomic E-state index is 12.7. The van der Waals surface area contributed by atoms with Gasteiger partial charge in [0, 0.05) is 63.7 Å². The highest BCUT2D eigenvalue weighted by molar-refractivity contribution is 9.10. The molecule has 17 heteroatoms. The number of nitrogen functional groups attached to an aromatic ring is 1. The van der Waals surface area contributed by atoms with Crippen molar-refractivity contribution in [2.24, 2.45) is 0 Å². The molecule has 60 heavy (non-hydrogen) atoms. The number of aromatic carboxylic acids is 1. The molecule has 0 atom stereocenters. The molecule has 6 heterocycles. The van der Waals surface area contributed by atoms with Crippen molar-refractivity contribution in [3.8, 4) is 0 Å². The molecule has 0 spiro atoms. The Bertz CT molecular complexity index is 1960. The second kappa shape index (κ2) is 25.2. The highest BCUT2D eigenvalue weighted by Crippen LogP contribution is 2.34. The number of pyridine rings is 2. The standard InChI is InChI=1S/C21H25BrN4O2.C15H23N3O.C6H4BrNO2.CH2Cl2/c22-20-6-4-5-18(23-20)21(27)24-17-8-7-16(25-11-13-28-14-12-25)15-19(17)26-9-2-1-3-10-26;16-14-5-4-13(17-8-10-19-11-9-17)12-15(14)18-6-2-1-3-7-18;7-5-3-1-2-4(8-5)6(9)10;2-1-3/h4-8,15H,1-3,9-14H2,(H,24,27);4-5,12H,1-3,6-11,16H2;1-3H,(H,9,10);1H2. The first-order valence-electron chi connectivity index (χ1n) is 20.3. The number of alkyl halides is 2. The van der Waals surface area contributed by atoms with Gasteiger partial charge < -0.3 is 45.2 Å². The highest BCUT2D eigenvalue weighted by atomic mass is 79.9. The van der Waals surface area contributed by atoms with Crippen LogP contribution in [0, 0.1) is 0 Å². The molecule has 4 N–H and O–H groups in total. The molecule has 2 aromatic carbocycles. The number of carboxylic acids is 1. The summed E-state index contributed by atoms with van der Waals surface area (Å²) in [5.41, 5.74) is 13.1. The third kappa shape index (κ3) is 14.7. The van der Waals surface area contributed by atoms with E-state index in [0.29, 0.717) is 14.9 Å². The van der Waals surface area contributed by atoms with E-state index in [4.69, 9.17) is 43.5 Å². The summed E-state index contributed by atoms with van der Waals surface area (Å²) in [7, 11) is 0. The summed E-state index contributed by atoms with van der Waals surface area (Å²) in [6, 6.07) is 22.8. The van der Waals surface area contributed by atoms with E-state index in [1.54, 1.807) is 18.2 Å². The fraction of sp³-hybridized carbons (Fsp3) is 0.442. The lowest BCUT2D eigenvalue weighted by Crippen LogP contribution is -2.36. The Morgan fingerprint density at radius 2 is 1.08 bits per heavy atom. The van der Waals surface area contributed by atoms with Crippen LogP contribution in [0.3, 0.4) is 0 Å². The van der Waals surface area contributed by atoms with Crippen LogP contribution in [0.25, 0.3) is 0 Å². The molecular weight excluding hydrogens is 939 g/mol. The number of ether oxygens (including phenoxy) is 2. The van der Waals surface area contributed by atoms with Gasteiger partial charge in [-0.05, 0) is 131 Å². The minimum Gasteiger partial charge on any atom is -0.477 e. The largest absolute Gasteiger partial charge is 0.477 e. The smallest absolute Gasteiger partial charge is 0.354 e. The summed E-state index contributed by atoms with van der Waals surface area (Å²) in [5.74, 6) is -1.21. The minimum atomic E-state index is -1.01. The number of carbonyl (C=O) groups excluding carboxylic acids is 1. The molecule has 0 radical (unpaired) electrons. The molecule has 4 aromatic rings. The van der Waals surface area contributed by atoms with E-state index in [2.05, 4.69) is 97.1 Å². The van der Waals surface area contributed by atoms with Gasteiger partial charge in [-0.3, -0.25) is 4.79 Å². The number of morpholine rings is 2. The number of carbonyl (C=O) groups is 2. The zero-order valence-corrected chi connectivity index (χ0v) is 38.4. The van der Waals surface area contributed by atoms with Crippen molar-refractivity contribution in [2.45, 2.75) is 38.5 Å². The number of carboxylic acid groups (broad SMARTS) is 1. The van der Waals surface area contributed by atoms with E-state index < -0.39 is 5.97 Å². The second-order valence-electron chi connectivity index (χ2n) is 14.3. The predicted molar refractivity (Wildman–Crippen MR) is 251 cm³/mol. The average Bonchev–Trinajstić information content (AvgIpc) is 3.28. The van der Waals surface area contributed by atoms with Crippen molar-refractivity contribution >= 4 is 101 Å². The van der Waals surface area contributed by atoms with Crippen molar-refractivity contribution < 1.29 is 24.2 Å². The lowest BCUT2D eigenvalue weighted by atomic mass is 10.1. The number of nitrogens with zero attached hydrogens (tertiary/aromatic N) is 6. The first kappa shape index (κ1) is 47.2. The van der Waals surface area contributed by atoms with Gasteiger partial charge in [0.1, 0.15) is 20.6 Å². The van der Waals surface area contributed by atoms with Gasteiger partial charge in [-0.15, -0.1) is 23.2 Å². The Hall–Kier alpha value is -3.86. The first-order chi connectivity index (χ1) is 29.2. The van der Waals surface area contributed by atoms with Crippen LogP contribution in [0.2, 0.25) is 0 Å². The molecule has 13 nitrogen and oxygen atoms in total. The van der Waals surface area contributed by atoms with Crippen LogP contribution in [0.4, 0.5) is 34.1 Å². The van der Waals surface area contributed by atoms with Crippen LogP contribution in [-0.4, -0.2) is 111 Å². The van der Waals surface area contributed by atoms with Crippen molar-refractivity contribution in [1.29, 1.82) is 0 Å². The highest BCUT2D eigenvalue weighted by Gasteiger charge is 2.21. The third-order valence-electron chi connectivity index (χ3n) is 10.3. The fourth-order valence-corrected chi connectivity index (χ4v) is 7.94. The topological polar surface area (TPSA) is 150 Å². The summed E-state index contributed by atoms with van der Waals surface area (Å²) in [6.45, 7) is 11.2. The predicted octanol–water partition coefficient (Wildman–Crippen LogP) is 8.98. The van der Waals surface area contributed by atoms with Gasteiger partial charge in [-0.1, -0.05) is 12.1 Å². The summed E-state index contributed by atoms with van der Waals surface area (Å²) in [5, 5.41) is 11.7. The number of hydrogen-bond donors (Lipinski definition) is 3. The van der Waals surface area contributed by atoms with Crippen molar-refractivity contribution in [3.05, 3.63) is 93.4 Å². The van der Waals surface area contributed by atoms with Crippen LogP contribution in [0.1, 0.15) is 59.5 Å².